The first kappa shape index (κ1) is 12.1. The summed E-state index contributed by atoms with van der Waals surface area (Å²) in [5, 5.41) is 10.7. The van der Waals surface area contributed by atoms with Crippen molar-refractivity contribution in [2.24, 2.45) is 0 Å². The Hall–Kier alpha value is -1.33. The highest BCUT2D eigenvalue weighted by molar-refractivity contribution is 7.11. The molecule has 1 aromatic heterocycles. The Bertz CT molecular complexity index is 527. The molecule has 0 aliphatic carbocycles. The van der Waals surface area contributed by atoms with Gasteiger partial charge < -0.3 is 5.11 Å². The Morgan fingerprint density at radius 3 is 2.82 bits per heavy atom. The van der Waals surface area contributed by atoms with Gasteiger partial charge in [-0.1, -0.05) is 12.1 Å². The third-order valence-corrected chi connectivity index (χ3v) is 3.43. The molecule has 0 spiro atoms. The number of aliphatic hydroxyl groups excluding tert-OH is 1. The molecule has 0 saturated heterocycles. The number of aliphatic hydroxyl groups is 1. The summed E-state index contributed by atoms with van der Waals surface area (Å²) < 4.78 is 26.4. The number of nitrogens with zero attached hydrogens (tertiary/aromatic N) is 1. The van der Waals surface area contributed by atoms with Crippen molar-refractivity contribution in [3.63, 3.8) is 0 Å². The van der Waals surface area contributed by atoms with Crippen molar-refractivity contribution in [2.75, 3.05) is 0 Å². The van der Waals surface area contributed by atoms with Gasteiger partial charge in [0.2, 0.25) is 0 Å². The van der Waals surface area contributed by atoms with Crippen molar-refractivity contribution in [3.05, 3.63) is 51.5 Å². The van der Waals surface area contributed by atoms with Crippen LogP contribution in [0.25, 0.3) is 0 Å². The fourth-order valence-electron chi connectivity index (χ4n) is 1.55. The Morgan fingerprint density at radius 2 is 2.18 bits per heavy atom. The molecule has 5 heteroatoms. The lowest BCUT2D eigenvalue weighted by atomic mass is 10.1. The second-order valence-corrected chi connectivity index (χ2v) is 4.98. The number of aryl methyl sites for hydroxylation is 1. The molecule has 0 fully saturated rings. The van der Waals surface area contributed by atoms with E-state index in [2.05, 4.69) is 4.98 Å². The van der Waals surface area contributed by atoms with Crippen LogP contribution >= 0.6 is 11.3 Å². The molecule has 0 amide bonds. The average Bonchev–Trinajstić information content (AvgIpc) is 2.72. The monoisotopic (exact) mass is 255 g/mol. The van der Waals surface area contributed by atoms with E-state index in [1.54, 1.807) is 6.20 Å². The van der Waals surface area contributed by atoms with Crippen molar-refractivity contribution in [1.82, 2.24) is 4.98 Å². The van der Waals surface area contributed by atoms with E-state index in [1.165, 1.54) is 23.5 Å². The van der Waals surface area contributed by atoms with Gasteiger partial charge in [0.25, 0.3) is 0 Å². The summed E-state index contributed by atoms with van der Waals surface area (Å²) >= 11 is 1.35. The van der Waals surface area contributed by atoms with Gasteiger partial charge in [0.15, 0.2) is 11.6 Å². The maximum Gasteiger partial charge on any atom is 0.162 e. The Labute approximate surface area is 102 Å². The van der Waals surface area contributed by atoms with Crippen LogP contribution in [0.2, 0.25) is 0 Å². The van der Waals surface area contributed by atoms with Crippen molar-refractivity contribution < 1.29 is 13.9 Å². The first-order chi connectivity index (χ1) is 8.08. The number of rotatable bonds is 3. The Morgan fingerprint density at radius 1 is 1.41 bits per heavy atom. The molecule has 2 rings (SSSR count). The molecule has 1 aromatic carbocycles. The van der Waals surface area contributed by atoms with Gasteiger partial charge in [-0.05, 0) is 18.6 Å². The molecule has 1 unspecified atom stereocenters. The van der Waals surface area contributed by atoms with E-state index in [-0.39, 0.29) is 12.0 Å². The van der Waals surface area contributed by atoms with Gasteiger partial charge in [-0.2, -0.15) is 0 Å². The van der Waals surface area contributed by atoms with Gasteiger partial charge >= 0.3 is 0 Å². The van der Waals surface area contributed by atoms with E-state index in [1.807, 2.05) is 6.92 Å². The van der Waals surface area contributed by atoms with Crippen LogP contribution in [0.15, 0.2) is 24.4 Å². The minimum atomic E-state index is -0.896. The van der Waals surface area contributed by atoms with Crippen LogP contribution in [-0.4, -0.2) is 10.1 Å². The zero-order chi connectivity index (χ0) is 12.4. The van der Waals surface area contributed by atoms with Crippen LogP contribution in [0.1, 0.15) is 21.6 Å². The number of aromatic nitrogens is 1. The molecule has 90 valence electrons. The van der Waals surface area contributed by atoms with E-state index in [9.17, 15) is 13.9 Å². The van der Waals surface area contributed by atoms with E-state index >= 15 is 0 Å². The second kappa shape index (κ2) is 4.89. The summed E-state index contributed by atoms with van der Waals surface area (Å²) in [6, 6.07) is 3.95. The van der Waals surface area contributed by atoms with Gasteiger partial charge in [0, 0.05) is 12.6 Å². The first-order valence-electron chi connectivity index (χ1n) is 5.11. The highest BCUT2D eigenvalue weighted by atomic mass is 32.1. The van der Waals surface area contributed by atoms with E-state index in [0.717, 1.165) is 11.1 Å². The molecule has 2 aromatic rings. The molecular formula is C12H11F2NOS. The van der Waals surface area contributed by atoms with Gasteiger partial charge in [0.05, 0.1) is 16.0 Å². The molecule has 1 N–H and O–H groups in total. The lowest BCUT2D eigenvalue weighted by molar-refractivity contribution is 0.180. The van der Waals surface area contributed by atoms with Crippen LogP contribution in [0.4, 0.5) is 8.78 Å². The van der Waals surface area contributed by atoms with Crippen LogP contribution in [0.5, 0.6) is 0 Å². The van der Waals surface area contributed by atoms with Crippen LogP contribution in [0, 0.1) is 18.6 Å². The predicted molar refractivity (Wildman–Crippen MR) is 61.9 cm³/mol. The third-order valence-electron chi connectivity index (χ3n) is 2.41. The van der Waals surface area contributed by atoms with Gasteiger partial charge in [-0.15, -0.1) is 11.3 Å². The number of hydrogen-bond acceptors (Lipinski definition) is 3. The minimum absolute atomic E-state index is 0.0469. The normalized spacial score (nSPS) is 12.7. The first-order valence-corrected chi connectivity index (χ1v) is 5.93. The van der Waals surface area contributed by atoms with Crippen molar-refractivity contribution in [1.29, 1.82) is 0 Å². The van der Waals surface area contributed by atoms with Gasteiger partial charge in [-0.25, -0.2) is 13.8 Å². The van der Waals surface area contributed by atoms with Crippen LogP contribution in [0.3, 0.4) is 0 Å². The van der Waals surface area contributed by atoms with Crippen molar-refractivity contribution >= 4 is 11.3 Å². The zero-order valence-electron chi connectivity index (χ0n) is 9.15. The summed E-state index contributed by atoms with van der Waals surface area (Å²) in [7, 11) is 0. The third kappa shape index (κ3) is 2.68. The fourth-order valence-corrected chi connectivity index (χ4v) is 2.32. The molecule has 0 radical (unpaired) electrons. The predicted octanol–water partition coefficient (Wildman–Crippen LogP) is 3.01. The highest BCUT2D eigenvalue weighted by Crippen LogP contribution is 2.25. The average molecular weight is 255 g/mol. The summed E-state index contributed by atoms with van der Waals surface area (Å²) in [5.41, 5.74) is 0.170. The largest absolute Gasteiger partial charge is 0.387 e. The zero-order valence-corrected chi connectivity index (χ0v) is 9.97. The molecular weight excluding hydrogens is 244 g/mol. The summed E-state index contributed by atoms with van der Waals surface area (Å²) in [5.74, 6) is -1.79. The molecule has 0 bridgehead atoms. The topological polar surface area (TPSA) is 33.1 Å². The number of thiazole rings is 1. The van der Waals surface area contributed by atoms with E-state index in [0.29, 0.717) is 4.88 Å². The van der Waals surface area contributed by atoms with Crippen molar-refractivity contribution in [2.45, 2.75) is 19.4 Å². The van der Waals surface area contributed by atoms with Crippen LogP contribution < -0.4 is 0 Å². The smallest absolute Gasteiger partial charge is 0.162 e. The van der Waals surface area contributed by atoms with Gasteiger partial charge in [0.1, 0.15) is 0 Å². The number of hydrogen-bond donors (Lipinski definition) is 1. The second-order valence-electron chi connectivity index (χ2n) is 3.71. The summed E-state index contributed by atoms with van der Waals surface area (Å²) in [4.78, 5) is 4.67. The Balaban J connectivity index is 2.18. The minimum Gasteiger partial charge on any atom is -0.387 e. The SMILES string of the molecule is Cc1ncc(C(O)Cc2cccc(F)c2F)s1. The molecule has 0 aliphatic heterocycles. The quantitative estimate of drug-likeness (QED) is 0.914. The summed E-state index contributed by atoms with van der Waals surface area (Å²) in [6.45, 7) is 1.82. The van der Waals surface area contributed by atoms with E-state index < -0.39 is 17.7 Å². The maximum atomic E-state index is 13.4. The molecule has 1 heterocycles. The molecule has 0 saturated carbocycles. The molecule has 17 heavy (non-hydrogen) atoms. The number of benzene rings is 1. The van der Waals surface area contributed by atoms with Crippen LogP contribution in [-0.2, 0) is 6.42 Å². The standard InChI is InChI=1S/C12H11F2NOS/c1-7-15-6-11(17-7)10(16)5-8-3-2-4-9(13)12(8)14/h2-4,6,10,16H,5H2,1H3. The lowest BCUT2D eigenvalue weighted by Crippen LogP contribution is -2.03. The maximum absolute atomic E-state index is 13.4. The fraction of sp³-hybridized carbons (Fsp3) is 0.250. The number of halogens is 2. The Kier molecular flexibility index (Phi) is 3.49. The highest BCUT2D eigenvalue weighted by Gasteiger charge is 2.15. The molecule has 1 atom stereocenters. The molecule has 2 nitrogen and oxygen atoms in total. The molecule has 0 aliphatic rings. The lowest BCUT2D eigenvalue weighted by Gasteiger charge is -2.09. The summed E-state index contributed by atoms with van der Waals surface area (Å²) in [6.07, 6.45) is 0.755. The van der Waals surface area contributed by atoms with Crippen molar-refractivity contribution in [3.8, 4) is 0 Å². The van der Waals surface area contributed by atoms with E-state index in [4.69, 9.17) is 0 Å². The van der Waals surface area contributed by atoms with Gasteiger partial charge in [-0.3, -0.25) is 0 Å².